The molecule has 1 aliphatic carbocycles. The highest BCUT2D eigenvalue weighted by Gasteiger charge is 2.33. The van der Waals surface area contributed by atoms with Crippen LogP contribution >= 0.6 is 0 Å². The zero-order valence-electron chi connectivity index (χ0n) is 17.6. The standard InChI is InChI=1S/C23H29FN4O2/c1-15(2)23-20(16-5-3-6-17(24)11-16)12-22(30)28(26-23)14-21(29)25-18-7-4-10-27(13-18)19-8-9-19/h3,5-6,11-12,15,18-19H,4,7-10,13-14H2,1-2H3,(H,25,29)/t18-/m1/s1. The van der Waals surface area contributed by atoms with Gasteiger partial charge in [-0.15, -0.1) is 0 Å². The molecule has 0 radical (unpaired) electrons. The molecule has 1 aliphatic heterocycles. The number of hydrogen-bond donors (Lipinski definition) is 1. The first-order chi connectivity index (χ1) is 14.4. The van der Waals surface area contributed by atoms with Crippen LogP contribution in [0.3, 0.4) is 0 Å². The Hall–Kier alpha value is -2.54. The minimum Gasteiger partial charge on any atom is -0.350 e. The largest absolute Gasteiger partial charge is 0.350 e. The first kappa shape index (κ1) is 20.7. The summed E-state index contributed by atoms with van der Waals surface area (Å²) in [5.41, 5.74) is 1.53. The molecule has 1 saturated carbocycles. The van der Waals surface area contributed by atoms with E-state index in [0.717, 1.165) is 25.9 Å². The third-order valence-corrected chi connectivity index (χ3v) is 5.88. The Labute approximate surface area is 176 Å². The third-order valence-electron chi connectivity index (χ3n) is 5.88. The predicted octanol–water partition coefficient (Wildman–Crippen LogP) is 2.92. The summed E-state index contributed by atoms with van der Waals surface area (Å²) < 4.78 is 14.9. The first-order valence-corrected chi connectivity index (χ1v) is 10.8. The normalized spacial score (nSPS) is 19.8. The summed E-state index contributed by atoms with van der Waals surface area (Å²) >= 11 is 0. The number of piperidine rings is 1. The zero-order valence-corrected chi connectivity index (χ0v) is 17.6. The van der Waals surface area contributed by atoms with Gasteiger partial charge in [-0.1, -0.05) is 26.0 Å². The number of amides is 1. The summed E-state index contributed by atoms with van der Waals surface area (Å²) in [5, 5.41) is 7.55. The van der Waals surface area contributed by atoms with E-state index in [-0.39, 0.29) is 35.8 Å². The minimum atomic E-state index is -0.364. The molecule has 2 fully saturated rings. The van der Waals surface area contributed by atoms with Crippen molar-refractivity contribution in [2.75, 3.05) is 13.1 Å². The van der Waals surface area contributed by atoms with Crippen molar-refractivity contribution in [3.05, 3.63) is 52.2 Å². The molecule has 1 saturated heterocycles. The van der Waals surface area contributed by atoms with Gasteiger partial charge < -0.3 is 5.32 Å². The number of aromatic nitrogens is 2. The van der Waals surface area contributed by atoms with E-state index in [1.165, 1.54) is 35.7 Å². The Morgan fingerprint density at radius 2 is 2.07 bits per heavy atom. The van der Waals surface area contributed by atoms with Gasteiger partial charge in [0.1, 0.15) is 12.4 Å². The monoisotopic (exact) mass is 412 g/mol. The molecular weight excluding hydrogens is 383 g/mol. The molecule has 1 atom stereocenters. The van der Waals surface area contributed by atoms with Gasteiger partial charge in [0.15, 0.2) is 0 Å². The lowest BCUT2D eigenvalue weighted by molar-refractivity contribution is -0.123. The van der Waals surface area contributed by atoms with Crippen molar-refractivity contribution in [2.45, 2.75) is 64.1 Å². The Morgan fingerprint density at radius 3 is 2.77 bits per heavy atom. The molecule has 0 spiro atoms. The van der Waals surface area contributed by atoms with E-state index in [4.69, 9.17) is 0 Å². The molecule has 7 heteroatoms. The highest BCUT2D eigenvalue weighted by molar-refractivity contribution is 5.76. The third kappa shape index (κ3) is 4.78. The molecule has 4 rings (SSSR count). The number of likely N-dealkylation sites (tertiary alicyclic amines) is 1. The van der Waals surface area contributed by atoms with Gasteiger partial charge in [0.05, 0.1) is 5.69 Å². The van der Waals surface area contributed by atoms with E-state index in [9.17, 15) is 14.0 Å². The Bertz CT molecular complexity index is 983. The van der Waals surface area contributed by atoms with Crippen LogP contribution in [0.4, 0.5) is 4.39 Å². The number of carbonyl (C=O) groups excluding carboxylic acids is 1. The van der Waals surface area contributed by atoms with Crippen molar-refractivity contribution in [1.82, 2.24) is 20.0 Å². The second kappa shape index (κ2) is 8.68. The maximum Gasteiger partial charge on any atom is 0.267 e. The Kier molecular flexibility index (Phi) is 5.99. The van der Waals surface area contributed by atoms with Crippen molar-refractivity contribution in [3.8, 4) is 11.1 Å². The molecule has 1 N–H and O–H groups in total. The van der Waals surface area contributed by atoms with Crippen LogP contribution in [0.1, 0.15) is 51.1 Å². The topological polar surface area (TPSA) is 67.2 Å². The summed E-state index contributed by atoms with van der Waals surface area (Å²) in [6.45, 7) is 5.82. The number of hydrogen-bond acceptors (Lipinski definition) is 4. The highest BCUT2D eigenvalue weighted by atomic mass is 19.1. The first-order valence-electron chi connectivity index (χ1n) is 10.8. The number of halogens is 1. The van der Waals surface area contributed by atoms with Crippen LogP contribution in [-0.4, -0.2) is 45.8 Å². The van der Waals surface area contributed by atoms with Crippen molar-refractivity contribution < 1.29 is 9.18 Å². The molecule has 0 bridgehead atoms. The van der Waals surface area contributed by atoms with Gasteiger partial charge in [-0.05, 0) is 55.8 Å². The molecule has 1 amide bonds. The fraction of sp³-hybridized carbons (Fsp3) is 0.522. The molecule has 1 aromatic heterocycles. The van der Waals surface area contributed by atoms with Gasteiger partial charge in [-0.3, -0.25) is 14.5 Å². The van der Waals surface area contributed by atoms with Crippen LogP contribution < -0.4 is 10.9 Å². The van der Waals surface area contributed by atoms with E-state index in [1.54, 1.807) is 12.1 Å². The molecule has 160 valence electrons. The molecule has 2 heterocycles. The number of benzene rings is 1. The van der Waals surface area contributed by atoms with Crippen LogP contribution in [0.15, 0.2) is 35.1 Å². The van der Waals surface area contributed by atoms with Crippen LogP contribution in [0, 0.1) is 5.82 Å². The summed E-state index contributed by atoms with van der Waals surface area (Å²) in [5.74, 6) is -0.539. The van der Waals surface area contributed by atoms with Crippen molar-refractivity contribution in [3.63, 3.8) is 0 Å². The highest BCUT2D eigenvalue weighted by Crippen LogP contribution is 2.29. The van der Waals surface area contributed by atoms with Crippen molar-refractivity contribution in [1.29, 1.82) is 0 Å². The van der Waals surface area contributed by atoms with Gasteiger partial charge in [0, 0.05) is 30.3 Å². The lowest BCUT2D eigenvalue weighted by Gasteiger charge is -2.33. The van der Waals surface area contributed by atoms with E-state index >= 15 is 0 Å². The molecule has 2 aliphatic rings. The molecule has 2 aromatic rings. The maximum absolute atomic E-state index is 13.7. The number of rotatable bonds is 6. The van der Waals surface area contributed by atoms with Gasteiger partial charge in [0.2, 0.25) is 5.91 Å². The second-order valence-electron chi connectivity index (χ2n) is 8.74. The Balaban J connectivity index is 1.50. The molecule has 30 heavy (non-hydrogen) atoms. The van der Waals surface area contributed by atoms with E-state index < -0.39 is 0 Å². The smallest absolute Gasteiger partial charge is 0.267 e. The average Bonchev–Trinajstić information content (AvgIpc) is 3.54. The second-order valence-corrected chi connectivity index (χ2v) is 8.74. The fourth-order valence-corrected chi connectivity index (χ4v) is 4.24. The molecular formula is C23H29FN4O2. The van der Waals surface area contributed by atoms with E-state index in [1.807, 2.05) is 13.8 Å². The van der Waals surface area contributed by atoms with E-state index in [0.29, 0.717) is 22.9 Å². The summed E-state index contributed by atoms with van der Waals surface area (Å²) in [6.07, 6.45) is 4.57. The van der Waals surface area contributed by atoms with Crippen LogP contribution in [0.2, 0.25) is 0 Å². The lowest BCUT2D eigenvalue weighted by Crippen LogP contribution is -2.49. The van der Waals surface area contributed by atoms with Gasteiger partial charge in [-0.2, -0.15) is 5.10 Å². The minimum absolute atomic E-state index is 0.0172. The van der Waals surface area contributed by atoms with Gasteiger partial charge in [-0.25, -0.2) is 9.07 Å². The average molecular weight is 413 g/mol. The summed E-state index contributed by atoms with van der Waals surface area (Å²) in [4.78, 5) is 27.8. The molecule has 1 aromatic carbocycles. The van der Waals surface area contributed by atoms with Crippen LogP contribution in [-0.2, 0) is 11.3 Å². The quantitative estimate of drug-likeness (QED) is 0.792. The zero-order chi connectivity index (χ0) is 21.3. The maximum atomic E-state index is 13.7. The van der Waals surface area contributed by atoms with Crippen LogP contribution in [0.25, 0.3) is 11.1 Å². The van der Waals surface area contributed by atoms with Crippen LogP contribution in [0.5, 0.6) is 0 Å². The van der Waals surface area contributed by atoms with Crippen molar-refractivity contribution in [2.24, 2.45) is 0 Å². The number of nitrogens with zero attached hydrogens (tertiary/aromatic N) is 3. The fourth-order valence-electron chi connectivity index (χ4n) is 4.24. The van der Waals surface area contributed by atoms with E-state index in [2.05, 4.69) is 15.3 Å². The SMILES string of the molecule is CC(C)c1nn(CC(=O)N[C@@H]2CCCN(C3CC3)C2)c(=O)cc1-c1cccc(F)c1. The summed E-state index contributed by atoms with van der Waals surface area (Å²) in [7, 11) is 0. The van der Waals surface area contributed by atoms with Crippen molar-refractivity contribution >= 4 is 5.91 Å². The molecule has 6 nitrogen and oxygen atoms in total. The molecule has 0 unspecified atom stereocenters. The number of carbonyl (C=O) groups is 1. The summed E-state index contributed by atoms with van der Waals surface area (Å²) in [6, 6.07) is 8.41. The Morgan fingerprint density at radius 1 is 1.27 bits per heavy atom. The lowest BCUT2D eigenvalue weighted by atomic mass is 9.98. The van der Waals surface area contributed by atoms with Gasteiger partial charge >= 0.3 is 0 Å². The van der Waals surface area contributed by atoms with Gasteiger partial charge in [0.25, 0.3) is 5.56 Å². The number of nitrogens with one attached hydrogen (secondary N) is 1. The predicted molar refractivity (Wildman–Crippen MR) is 114 cm³/mol.